The van der Waals surface area contributed by atoms with E-state index in [0.717, 1.165) is 12.0 Å². The summed E-state index contributed by atoms with van der Waals surface area (Å²) in [6.07, 6.45) is 2.42. The summed E-state index contributed by atoms with van der Waals surface area (Å²) >= 11 is 0. The van der Waals surface area contributed by atoms with Crippen LogP contribution >= 0.6 is 0 Å². The first-order valence-corrected chi connectivity index (χ1v) is 5.56. The van der Waals surface area contributed by atoms with E-state index in [-0.39, 0.29) is 5.60 Å². The van der Waals surface area contributed by atoms with Gasteiger partial charge in [-0.3, -0.25) is 0 Å². The Hall–Kier alpha value is -1.44. The van der Waals surface area contributed by atoms with Crippen molar-refractivity contribution >= 4 is 0 Å². The van der Waals surface area contributed by atoms with Crippen LogP contribution in [0.25, 0.3) is 0 Å². The lowest BCUT2D eigenvalue weighted by atomic mass is 10.1. The lowest BCUT2D eigenvalue weighted by Gasteiger charge is -2.22. The molecule has 1 aromatic rings. The Bertz CT molecular complexity index is 397. The fourth-order valence-electron chi connectivity index (χ4n) is 1.26. The monoisotopic (exact) mass is 234 g/mol. The van der Waals surface area contributed by atoms with Crippen molar-refractivity contribution in [2.45, 2.75) is 32.5 Å². The van der Waals surface area contributed by atoms with Gasteiger partial charge in [0.25, 0.3) is 0 Å². The van der Waals surface area contributed by atoms with Crippen LogP contribution in [0.15, 0.2) is 18.3 Å². The van der Waals surface area contributed by atoms with Crippen molar-refractivity contribution in [3.63, 3.8) is 0 Å². The molecule has 0 unspecified atom stereocenters. The minimum Gasteiger partial charge on any atom is -0.379 e. The summed E-state index contributed by atoms with van der Waals surface area (Å²) in [6, 6.07) is 5.71. The zero-order valence-electron chi connectivity index (χ0n) is 10.6. The van der Waals surface area contributed by atoms with Crippen molar-refractivity contribution in [1.82, 2.24) is 4.98 Å². The van der Waals surface area contributed by atoms with Crippen molar-refractivity contribution in [2.24, 2.45) is 0 Å². The van der Waals surface area contributed by atoms with E-state index in [1.165, 1.54) is 0 Å². The predicted octanol–water partition coefficient (Wildman–Crippen LogP) is 2.28. The van der Waals surface area contributed by atoms with Gasteiger partial charge in [-0.05, 0) is 26.3 Å². The number of hydrogen-bond acceptors (Lipinski definition) is 4. The molecular weight excluding hydrogens is 216 g/mol. The molecule has 0 aliphatic rings. The number of ether oxygens (including phenoxy) is 2. The Morgan fingerprint density at radius 1 is 1.47 bits per heavy atom. The van der Waals surface area contributed by atoms with Crippen molar-refractivity contribution in [1.29, 1.82) is 5.26 Å². The second-order valence-electron chi connectivity index (χ2n) is 4.39. The van der Waals surface area contributed by atoms with E-state index < -0.39 is 0 Å². The molecule has 0 atom stereocenters. The Labute approximate surface area is 102 Å². The highest BCUT2D eigenvalue weighted by molar-refractivity contribution is 5.29. The van der Waals surface area contributed by atoms with Gasteiger partial charge in [-0.25, -0.2) is 4.98 Å². The Morgan fingerprint density at radius 3 is 2.88 bits per heavy atom. The molecule has 0 aromatic carbocycles. The second-order valence-corrected chi connectivity index (χ2v) is 4.39. The van der Waals surface area contributed by atoms with Crippen LogP contribution in [0.1, 0.15) is 31.5 Å². The SMILES string of the molecule is COC(C)(C)CCOCc1cccnc1C#N. The standard InChI is InChI=1S/C13H18N2O2/c1-13(2,16-3)6-8-17-10-11-5-4-7-15-12(11)9-14/h4-5,7H,6,8,10H2,1-3H3. The number of rotatable bonds is 6. The molecule has 0 N–H and O–H groups in total. The molecule has 4 nitrogen and oxygen atoms in total. The van der Waals surface area contributed by atoms with Crippen LogP contribution in [0, 0.1) is 11.3 Å². The third kappa shape index (κ3) is 4.51. The highest BCUT2D eigenvalue weighted by atomic mass is 16.5. The molecule has 0 saturated heterocycles. The fourth-order valence-corrected chi connectivity index (χ4v) is 1.26. The van der Waals surface area contributed by atoms with Crippen molar-refractivity contribution in [3.8, 4) is 6.07 Å². The van der Waals surface area contributed by atoms with Crippen molar-refractivity contribution in [2.75, 3.05) is 13.7 Å². The van der Waals surface area contributed by atoms with Crippen LogP contribution in [-0.2, 0) is 16.1 Å². The van der Waals surface area contributed by atoms with Gasteiger partial charge in [0, 0.05) is 25.5 Å². The van der Waals surface area contributed by atoms with Gasteiger partial charge in [-0.2, -0.15) is 5.26 Å². The van der Waals surface area contributed by atoms with E-state index in [9.17, 15) is 0 Å². The summed E-state index contributed by atoms with van der Waals surface area (Å²) in [4.78, 5) is 3.98. The van der Waals surface area contributed by atoms with E-state index in [2.05, 4.69) is 4.98 Å². The number of nitrogens with zero attached hydrogens (tertiary/aromatic N) is 2. The third-order valence-electron chi connectivity index (χ3n) is 2.66. The van der Waals surface area contributed by atoms with Gasteiger partial charge in [0.2, 0.25) is 0 Å². The summed E-state index contributed by atoms with van der Waals surface area (Å²) in [5.41, 5.74) is 1.08. The summed E-state index contributed by atoms with van der Waals surface area (Å²) < 4.78 is 10.8. The Kier molecular flexibility index (Phi) is 5.08. The lowest BCUT2D eigenvalue weighted by molar-refractivity contribution is -0.0125. The molecule has 1 aromatic heterocycles. The molecule has 4 heteroatoms. The largest absolute Gasteiger partial charge is 0.379 e. The molecule has 92 valence electrons. The molecule has 0 aliphatic carbocycles. The van der Waals surface area contributed by atoms with Crippen LogP contribution in [0.3, 0.4) is 0 Å². The zero-order chi connectivity index (χ0) is 12.7. The van der Waals surface area contributed by atoms with Crippen LogP contribution in [0.2, 0.25) is 0 Å². The summed E-state index contributed by atoms with van der Waals surface area (Å²) in [6.45, 7) is 5.04. The normalized spacial score (nSPS) is 11.2. The topological polar surface area (TPSA) is 55.1 Å². The van der Waals surface area contributed by atoms with E-state index in [4.69, 9.17) is 14.7 Å². The molecule has 1 heterocycles. The van der Waals surface area contributed by atoms with Gasteiger partial charge in [0.1, 0.15) is 11.8 Å². The smallest absolute Gasteiger partial charge is 0.145 e. The molecule has 1 rings (SSSR count). The fraction of sp³-hybridized carbons (Fsp3) is 0.538. The lowest BCUT2D eigenvalue weighted by Crippen LogP contribution is -2.24. The zero-order valence-corrected chi connectivity index (χ0v) is 10.6. The maximum Gasteiger partial charge on any atom is 0.145 e. The number of nitriles is 1. The molecule has 0 saturated carbocycles. The second kappa shape index (κ2) is 6.33. The van der Waals surface area contributed by atoms with Crippen LogP contribution in [0.5, 0.6) is 0 Å². The van der Waals surface area contributed by atoms with Gasteiger partial charge >= 0.3 is 0 Å². The van der Waals surface area contributed by atoms with Crippen molar-refractivity contribution in [3.05, 3.63) is 29.6 Å². The summed E-state index contributed by atoms with van der Waals surface area (Å²) in [5, 5.41) is 8.85. The first kappa shape index (κ1) is 13.6. The maximum absolute atomic E-state index is 8.85. The third-order valence-corrected chi connectivity index (χ3v) is 2.66. The highest BCUT2D eigenvalue weighted by Gasteiger charge is 2.15. The summed E-state index contributed by atoms with van der Waals surface area (Å²) in [5.74, 6) is 0. The average Bonchev–Trinajstić information content (AvgIpc) is 2.35. The Balaban J connectivity index is 2.39. The molecular formula is C13H18N2O2. The molecule has 0 amide bonds. The molecule has 0 fully saturated rings. The number of aromatic nitrogens is 1. The molecule has 0 aliphatic heterocycles. The van der Waals surface area contributed by atoms with E-state index in [1.54, 1.807) is 19.4 Å². The molecule has 17 heavy (non-hydrogen) atoms. The van der Waals surface area contributed by atoms with Gasteiger partial charge in [0.05, 0.1) is 12.2 Å². The number of methoxy groups -OCH3 is 1. The first-order valence-electron chi connectivity index (χ1n) is 5.56. The van der Waals surface area contributed by atoms with Crippen molar-refractivity contribution < 1.29 is 9.47 Å². The number of pyridine rings is 1. The van der Waals surface area contributed by atoms with E-state index in [1.807, 2.05) is 26.0 Å². The summed E-state index contributed by atoms with van der Waals surface area (Å²) in [7, 11) is 1.69. The minimum atomic E-state index is -0.174. The van der Waals surface area contributed by atoms with Gasteiger partial charge < -0.3 is 9.47 Å². The number of hydrogen-bond donors (Lipinski definition) is 0. The Morgan fingerprint density at radius 2 is 2.24 bits per heavy atom. The van der Waals surface area contributed by atoms with Gasteiger partial charge in [-0.15, -0.1) is 0 Å². The minimum absolute atomic E-state index is 0.174. The molecule has 0 bridgehead atoms. The van der Waals surface area contributed by atoms with Crippen LogP contribution < -0.4 is 0 Å². The maximum atomic E-state index is 8.85. The van der Waals surface area contributed by atoms with E-state index >= 15 is 0 Å². The van der Waals surface area contributed by atoms with Gasteiger partial charge in [0.15, 0.2) is 0 Å². The quantitative estimate of drug-likeness (QED) is 0.709. The average molecular weight is 234 g/mol. The van der Waals surface area contributed by atoms with Crippen LogP contribution in [0.4, 0.5) is 0 Å². The van der Waals surface area contributed by atoms with E-state index in [0.29, 0.717) is 18.9 Å². The molecule has 0 spiro atoms. The molecule has 0 radical (unpaired) electrons. The van der Waals surface area contributed by atoms with Crippen LogP contribution in [-0.4, -0.2) is 24.3 Å². The predicted molar refractivity (Wildman–Crippen MR) is 64.3 cm³/mol. The van der Waals surface area contributed by atoms with Gasteiger partial charge in [-0.1, -0.05) is 6.07 Å². The first-order chi connectivity index (χ1) is 8.09. The highest BCUT2D eigenvalue weighted by Crippen LogP contribution is 2.13.